The standard InChI is InChI=1S/C17H23NO7S/c1-12-4-5-14(15(8-12)23-3)24-10-17(20)25-9-16(19)18(2)13-6-7-26(21,22)11-13/h4-5,8,13H,6-7,9-11H2,1-3H3. The van der Waals surface area contributed by atoms with Crippen LogP contribution < -0.4 is 9.47 Å². The van der Waals surface area contributed by atoms with Crippen LogP contribution in [0.5, 0.6) is 11.5 Å². The van der Waals surface area contributed by atoms with E-state index in [0.717, 1.165) is 5.56 Å². The minimum atomic E-state index is -3.09. The van der Waals surface area contributed by atoms with Crippen molar-refractivity contribution in [3.63, 3.8) is 0 Å². The molecule has 1 fully saturated rings. The number of aryl methyl sites for hydroxylation is 1. The number of nitrogens with zero attached hydrogens (tertiary/aromatic N) is 1. The smallest absolute Gasteiger partial charge is 0.344 e. The lowest BCUT2D eigenvalue weighted by molar-refractivity contribution is -0.153. The molecule has 1 aliphatic rings. The van der Waals surface area contributed by atoms with Gasteiger partial charge in [-0.15, -0.1) is 0 Å². The maximum absolute atomic E-state index is 12.1. The number of rotatable bonds is 7. The van der Waals surface area contributed by atoms with Gasteiger partial charge in [0.15, 0.2) is 34.6 Å². The summed E-state index contributed by atoms with van der Waals surface area (Å²) in [4.78, 5) is 25.2. The number of carbonyl (C=O) groups excluding carboxylic acids is 2. The summed E-state index contributed by atoms with van der Waals surface area (Å²) in [6.45, 7) is 1.08. The van der Waals surface area contributed by atoms with Crippen LogP contribution in [0.1, 0.15) is 12.0 Å². The van der Waals surface area contributed by atoms with Gasteiger partial charge in [-0.25, -0.2) is 13.2 Å². The van der Waals surface area contributed by atoms with Gasteiger partial charge in [0, 0.05) is 13.1 Å². The average molecular weight is 385 g/mol. The van der Waals surface area contributed by atoms with Gasteiger partial charge in [-0.3, -0.25) is 4.79 Å². The molecule has 0 aromatic heterocycles. The van der Waals surface area contributed by atoms with Crippen LogP contribution in [0, 0.1) is 6.92 Å². The number of sulfone groups is 1. The Hall–Kier alpha value is -2.29. The molecule has 0 aliphatic carbocycles. The molecule has 1 unspecified atom stereocenters. The topological polar surface area (TPSA) is 99.2 Å². The molecule has 1 amide bonds. The fourth-order valence-corrected chi connectivity index (χ4v) is 4.38. The number of methoxy groups -OCH3 is 1. The summed E-state index contributed by atoms with van der Waals surface area (Å²) in [7, 11) is -0.0808. The van der Waals surface area contributed by atoms with Crippen LogP contribution in [0.3, 0.4) is 0 Å². The second-order valence-corrected chi connectivity index (χ2v) is 8.39. The lowest BCUT2D eigenvalue weighted by atomic mass is 10.2. The average Bonchev–Trinajstić information content (AvgIpc) is 2.97. The Morgan fingerprint density at radius 3 is 2.58 bits per heavy atom. The van der Waals surface area contributed by atoms with Crippen LogP contribution in [0.4, 0.5) is 0 Å². The van der Waals surface area contributed by atoms with E-state index in [0.29, 0.717) is 17.9 Å². The lowest BCUT2D eigenvalue weighted by Crippen LogP contribution is -2.40. The second-order valence-electron chi connectivity index (χ2n) is 6.17. The van der Waals surface area contributed by atoms with Gasteiger partial charge in [0.1, 0.15) is 0 Å². The highest BCUT2D eigenvalue weighted by Gasteiger charge is 2.32. The van der Waals surface area contributed by atoms with Crippen LogP contribution in [0.25, 0.3) is 0 Å². The number of amides is 1. The predicted molar refractivity (Wildman–Crippen MR) is 94.0 cm³/mol. The number of benzene rings is 1. The number of ether oxygens (including phenoxy) is 3. The molecule has 0 spiro atoms. The highest BCUT2D eigenvalue weighted by atomic mass is 32.2. The van der Waals surface area contributed by atoms with E-state index in [1.807, 2.05) is 13.0 Å². The molecule has 26 heavy (non-hydrogen) atoms. The molecule has 1 aromatic carbocycles. The molecule has 1 heterocycles. The summed E-state index contributed by atoms with van der Waals surface area (Å²) in [5, 5.41) is 0. The first-order valence-electron chi connectivity index (χ1n) is 8.11. The zero-order valence-electron chi connectivity index (χ0n) is 15.1. The van der Waals surface area contributed by atoms with Crippen LogP contribution in [-0.4, -0.2) is 70.1 Å². The lowest BCUT2D eigenvalue weighted by Gasteiger charge is -2.23. The highest BCUT2D eigenvalue weighted by molar-refractivity contribution is 7.91. The normalized spacial score (nSPS) is 18.2. The summed E-state index contributed by atoms with van der Waals surface area (Å²) in [5.74, 6) is -0.242. The first-order valence-corrected chi connectivity index (χ1v) is 9.93. The Labute approximate surface area is 152 Å². The Morgan fingerprint density at radius 2 is 1.96 bits per heavy atom. The van der Waals surface area contributed by atoms with Crippen molar-refractivity contribution in [1.29, 1.82) is 0 Å². The summed E-state index contributed by atoms with van der Waals surface area (Å²) < 4.78 is 38.4. The zero-order valence-corrected chi connectivity index (χ0v) is 15.9. The summed E-state index contributed by atoms with van der Waals surface area (Å²) in [6, 6.07) is 4.90. The number of likely N-dealkylation sites (N-methyl/N-ethyl adjacent to an activating group) is 1. The molecule has 0 saturated carbocycles. The van der Waals surface area contributed by atoms with E-state index in [4.69, 9.17) is 14.2 Å². The van der Waals surface area contributed by atoms with Crippen molar-refractivity contribution < 1.29 is 32.2 Å². The third-order valence-corrected chi connectivity index (χ3v) is 5.92. The summed E-state index contributed by atoms with van der Waals surface area (Å²) in [6.07, 6.45) is 0.398. The van der Waals surface area contributed by atoms with Gasteiger partial charge in [-0.1, -0.05) is 6.07 Å². The Balaban J connectivity index is 1.79. The molecule has 2 rings (SSSR count). The molecule has 8 nitrogen and oxygen atoms in total. The minimum Gasteiger partial charge on any atom is -0.493 e. The van der Waals surface area contributed by atoms with Crippen molar-refractivity contribution in [1.82, 2.24) is 4.90 Å². The van der Waals surface area contributed by atoms with Crippen molar-refractivity contribution >= 4 is 21.7 Å². The zero-order chi connectivity index (χ0) is 19.3. The van der Waals surface area contributed by atoms with Crippen molar-refractivity contribution in [2.45, 2.75) is 19.4 Å². The fourth-order valence-electron chi connectivity index (χ4n) is 2.60. The third kappa shape index (κ3) is 5.35. The number of hydrogen-bond donors (Lipinski definition) is 0. The van der Waals surface area contributed by atoms with Gasteiger partial charge < -0.3 is 19.1 Å². The highest BCUT2D eigenvalue weighted by Crippen LogP contribution is 2.27. The van der Waals surface area contributed by atoms with Gasteiger partial charge in [-0.05, 0) is 31.0 Å². The third-order valence-electron chi connectivity index (χ3n) is 4.17. The van der Waals surface area contributed by atoms with Crippen LogP contribution in [0.2, 0.25) is 0 Å². The van der Waals surface area contributed by atoms with E-state index < -0.39 is 28.3 Å². The molecule has 1 aromatic rings. The van der Waals surface area contributed by atoms with Crippen molar-refractivity contribution in [2.24, 2.45) is 0 Å². The maximum atomic E-state index is 12.1. The Bertz CT molecular complexity index is 775. The molecule has 1 atom stereocenters. The van der Waals surface area contributed by atoms with Crippen molar-refractivity contribution in [2.75, 3.05) is 38.9 Å². The molecular formula is C17H23NO7S. The first-order chi connectivity index (χ1) is 12.2. The molecule has 0 radical (unpaired) electrons. The number of esters is 1. The van der Waals surface area contributed by atoms with Gasteiger partial charge in [0.05, 0.1) is 18.6 Å². The molecule has 1 saturated heterocycles. The Kier molecular flexibility index (Phi) is 6.47. The molecule has 144 valence electrons. The minimum absolute atomic E-state index is 0.0560. The van der Waals surface area contributed by atoms with E-state index in [2.05, 4.69) is 0 Å². The van der Waals surface area contributed by atoms with Gasteiger partial charge in [0.2, 0.25) is 0 Å². The quantitative estimate of drug-likeness (QED) is 0.633. The molecule has 0 N–H and O–H groups in total. The second kappa shape index (κ2) is 8.39. The molecule has 0 bridgehead atoms. The Morgan fingerprint density at radius 1 is 1.23 bits per heavy atom. The molecule has 9 heteroatoms. The maximum Gasteiger partial charge on any atom is 0.344 e. The van der Waals surface area contributed by atoms with Crippen LogP contribution >= 0.6 is 0 Å². The number of carbonyl (C=O) groups is 2. The van der Waals surface area contributed by atoms with Gasteiger partial charge in [-0.2, -0.15) is 0 Å². The number of hydrogen-bond acceptors (Lipinski definition) is 7. The van der Waals surface area contributed by atoms with E-state index in [1.54, 1.807) is 12.1 Å². The van der Waals surface area contributed by atoms with Gasteiger partial charge >= 0.3 is 5.97 Å². The first kappa shape index (κ1) is 20.0. The van der Waals surface area contributed by atoms with Crippen LogP contribution in [0.15, 0.2) is 18.2 Å². The van der Waals surface area contributed by atoms with Gasteiger partial charge in [0.25, 0.3) is 5.91 Å². The summed E-state index contributed by atoms with van der Waals surface area (Å²) >= 11 is 0. The van der Waals surface area contributed by atoms with E-state index >= 15 is 0 Å². The van der Waals surface area contributed by atoms with E-state index in [9.17, 15) is 18.0 Å². The van der Waals surface area contributed by atoms with E-state index in [-0.39, 0.29) is 24.2 Å². The predicted octanol–water partition coefficient (Wildman–Crippen LogP) is 0.571. The summed E-state index contributed by atoms with van der Waals surface area (Å²) in [5.41, 5.74) is 0.985. The molecule has 1 aliphatic heterocycles. The monoisotopic (exact) mass is 385 g/mol. The van der Waals surface area contributed by atoms with E-state index in [1.165, 1.54) is 19.1 Å². The molecular weight excluding hydrogens is 362 g/mol. The van der Waals surface area contributed by atoms with Crippen molar-refractivity contribution in [3.8, 4) is 11.5 Å². The van der Waals surface area contributed by atoms with Crippen LogP contribution in [-0.2, 0) is 24.2 Å². The van der Waals surface area contributed by atoms with Crippen molar-refractivity contribution in [3.05, 3.63) is 23.8 Å². The fraction of sp³-hybridized carbons (Fsp3) is 0.529. The SMILES string of the molecule is COc1cc(C)ccc1OCC(=O)OCC(=O)N(C)C1CCS(=O)(=O)C1. The largest absolute Gasteiger partial charge is 0.493 e.